The highest BCUT2D eigenvalue weighted by molar-refractivity contribution is 5.96. The number of pyridine rings is 1. The molecule has 2 atom stereocenters. The molecule has 9 nitrogen and oxygen atoms in total. The molecule has 4 rings (SSSR count). The smallest absolute Gasteiger partial charge is 0.253 e. The molecule has 0 saturated carbocycles. The molecule has 4 heterocycles. The van der Waals surface area contributed by atoms with Crippen LogP contribution < -0.4 is 10.1 Å². The van der Waals surface area contributed by atoms with Gasteiger partial charge in [-0.05, 0) is 13.0 Å². The van der Waals surface area contributed by atoms with Gasteiger partial charge in [-0.1, -0.05) is 0 Å². The molecule has 0 bridgehead atoms. The number of ether oxygens (including phenoxy) is 2. The van der Waals surface area contributed by atoms with Crippen molar-refractivity contribution >= 4 is 17.1 Å². The maximum atomic E-state index is 12.6. The number of aromatic nitrogens is 5. The molecule has 1 saturated heterocycles. The number of nitrogens with one attached hydrogen (secondary N) is 1. The van der Waals surface area contributed by atoms with Crippen molar-refractivity contribution in [1.82, 2.24) is 29.6 Å². The Kier molecular flexibility index (Phi) is 4.29. The zero-order chi connectivity index (χ0) is 18.1. The molecular weight excluding hydrogens is 336 g/mol. The van der Waals surface area contributed by atoms with E-state index in [1.54, 1.807) is 29.5 Å². The van der Waals surface area contributed by atoms with Gasteiger partial charge in [0.25, 0.3) is 5.91 Å². The van der Waals surface area contributed by atoms with Crippen molar-refractivity contribution in [2.45, 2.75) is 25.6 Å². The highest BCUT2D eigenvalue weighted by Gasteiger charge is 2.32. The minimum Gasteiger partial charge on any atom is -0.482 e. The zero-order valence-electron chi connectivity index (χ0n) is 14.6. The van der Waals surface area contributed by atoms with E-state index in [4.69, 9.17) is 9.47 Å². The molecule has 3 aromatic rings. The number of aryl methyl sites for hydroxylation is 2. The van der Waals surface area contributed by atoms with E-state index in [1.807, 2.05) is 24.7 Å². The lowest BCUT2D eigenvalue weighted by molar-refractivity contribution is 0.0904. The van der Waals surface area contributed by atoms with E-state index in [2.05, 4.69) is 20.4 Å². The van der Waals surface area contributed by atoms with Gasteiger partial charge < -0.3 is 19.4 Å². The standard InChI is InChI=1S/C17H20N6O3/c1-3-23-7-12(6-20-23)26-15-9-25-8-14(15)21-17(24)11-4-13-16(18-5-11)22(2)10-19-13/h4-7,10,14-15H,3,8-9H2,1-2H3,(H,21,24)/t14-,15+/m0/s1. The van der Waals surface area contributed by atoms with Gasteiger partial charge in [0.15, 0.2) is 11.4 Å². The van der Waals surface area contributed by atoms with Crippen molar-refractivity contribution in [3.63, 3.8) is 0 Å². The van der Waals surface area contributed by atoms with E-state index in [0.717, 1.165) is 12.2 Å². The molecular formula is C17H20N6O3. The number of carbonyl (C=O) groups is 1. The minimum atomic E-state index is -0.264. The lowest BCUT2D eigenvalue weighted by atomic mass is 10.2. The summed E-state index contributed by atoms with van der Waals surface area (Å²) < 4.78 is 15.0. The van der Waals surface area contributed by atoms with Gasteiger partial charge in [-0.15, -0.1) is 0 Å². The quantitative estimate of drug-likeness (QED) is 0.725. The zero-order valence-corrected chi connectivity index (χ0v) is 14.6. The summed E-state index contributed by atoms with van der Waals surface area (Å²) in [6, 6.07) is 1.49. The number of amides is 1. The average Bonchev–Trinajstić information content (AvgIpc) is 3.37. The number of nitrogens with zero attached hydrogens (tertiary/aromatic N) is 5. The molecule has 1 N–H and O–H groups in total. The summed E-state index contributed by atoms with van der Waals surface area (Å²) in [6.45, 7) is 3.59. The third kappa shape index (κ3) is 3.13. The van der Waals surface area contributed by atoms with Crippen LogP contribution in [0.3, 0.4) is 0 Å². The second-order valence-electron chi connectivity index (χ2n) is 6.23. The van der Waals surface area contributed by atoms with Crippen LogP contribution in [0.2, 0.25) is 0 Å². The summed E-state index contributed by atoms with van der Waals surface area (Å²) >= 11 is 0. The molecule has 0 spiro atoms. The topological polar surface area (TPSA) is 96.1 Å². The lowest BCUT2D eigenvalue weighted by Crippen LogP contribution is -2.45. The summed E-state index contributed by atoms with van der Waals surface area (Å²) in [6.07, 6.45) is 6.45. The van der Waals surface area contributed by atoms with Gasteiger partial charge in [0.05, 0.1) is 43.5 Å². The van der Waals surface area contributed by atoms with Gasteiger partial charge >= 0.3 is 0 Å². The van der Waals surface area contributed by atoms with Crippen LogP contribution in [0.4, 0.5) is 0 Å². The second-order valence-corrected chi connectivity index (χ2v) is 6.23. The maximum absolute atomic E-state index is 12.6. The predicted molar refractivity (Wildman–Crippen MR) is 92.9 cm³/mol. The Bertz CT molecular complexity index is 934. The highest BCUT2D eigenvalue weighted by atomic mass is 16.5. The van der Waals surface area contributed by atoms with Crippen LogP contribution in [0, 0.1) is 0 Å². The average molecular weight is 356 g/mol. The van der Waals surface area contributed by atoms with E-state index in [0.29, 0.717) is 30.0 Å². The summed E-state index contributed by atoms with van der Waals surface area (Å²) in [5.41, 5.74) is 1.88. The van der Waals surface area contributed by atoms with Gasteiger partial charge in [0.1, 0.15) is 11.6 Å². The third-order valence-corrected chi connectivity index (χ3v) is 4.38. The number of imidazole rings is 1. The van der Waals surface area contributed by atoms with Gasteiger partial charge in [0, 0.05) is 19.8 Å². The lowest BCUT2D eigenvalue weighted by Gasteiger charge is -2.19. The molecule has 0 aliphatic carbocycles. The van der Waals surface area contributed by atoms with Crippen molar-refractivity contribution in [3.05, 3.63) is 36.5 Å². The normalized spacial score (nSPS) is 19.8. The summed E-state index contributed by atoms with van der Waals surface area (Å²) in [4.78, 5) is 21.1. The third-order valence-electron chi connectivity index (χ3n) is 4.38. The molecule has 9 heteroatoms. The number of hydrogen-bond donors (Lipinski definition) is 1. The molecule has 136 valence electrons. The molecule has 1 aliphatic heterocycles. The van der Waals surface area contributed by atoms with Gasteiger partial charge in [0.2, 0.25) is 0 Å². The Balaban J connectivity index is 1.44. The maximum Gasteiger partial charge on any atom is 0.253 e. The van der Waals surface area contributed by atoms with Gasteiger partial charge in [-0.25, -0.2) is 9.97 Å². The Morgan fingerprint density at radius 1 is 1.38 bits per heavy atom. The van der Waals surface area contributed by atoms with Gasteiger partial charge in [-0.2, -0.15) is 5.10 Å². The summed E-state index contributed by atoms with van der Waals surface area (Å²) in [5, 5.41) is 7.15. The first-order valence-electron chi connectivity index (χ1n) is 8.49. The number of carbonyl (C=O) groups excluding carboxylic acids is 1. The van der Waals surface area contributed by atoms with E-state index >= 15 is 0 Å². The van der Waals surface area contributed by atoms with Crippen LogP contribution in [-0.4, -0.2) is 55.6 Å². The van der Waals surface area contributed by atoms with Crippen LogP contribution in [0.5, 0.6) is 5.75 Å². The molecule has 0 aromatic carbocycles. The van der Waals surface area contributed by atoms with Crippen molar-refractivity contribution in [3.8, 4) is 5.75 Å². The van der Waals surface area contributed by atoms with E-state index in [-0.39, 0.29) is 18.1 Å². The van der Waals surface area contributed by atoms with Crippen LogP contribution in [0.25, 0.3) is 11.2 Å². The van der Waals surface area contributed by atoms with E-state index in [9.17, 15) is 4.79 Å². The molecule has 0 radical (unpaired) electrons. The largest absolute Gasteiger partial charge is 0.482 e. The fraction of sp³-hybridized carbons (Fsp3) is 0.412. The van der Waals surface area contributed by atoms with Crippen molar-refractivity contribution in [1.29, 1.82) is 0 Å². The predicted octanol–water partition coefficient (Wildman–Crippen LogP) is 0.761. The van der Waals surface area contributed by atoms with Crippen molar-refractivity contribution in [2.75, 3.05) is 13.2 Å². The number of rotatable bonds is 5. The Labute approximate surface area is 149 Å². The van der Waals surface area contributed by atoms with Crippen LogP contribution in [-0.2, 0) is 18.3 Å². The Morgan fingerprint density at radius 2 is 2.27 bits per heavy atom. The monoisotopic (exact) mass is 356 g/mol. The molecule has 3 aromatic heterocycles. The first-order valence-corrected chi connectivity index (χ1v) is 8.49. The highest BCUT2D eigenvalue weighted by Crippen LogP contribution is 2.17. The van der Waals surface area contributed by atoms with Crippen LogP contribution in [0.15, 0.2) is 31.0 Å². The van der Waals surface area contributed by atoms with Gasteiger partial charge in [-0.3, -0.25) is 9.48 Å². The fourth-order valence-corrected chi connectivity index (χ4v) is 2.93. The van der Waals surface area contributed by atoms with E-state index < -0.39 is 0 Å². The van der Waals surface area contributed by atoms with Crippen molar-refractivity contribution < 1.29 is 14.3 Å². The Hall–Kier alpha value is -2.94. The summed E-state index contributed by atoms with van der Waals surface area (Å²) in [7, 11) is 1.86. The molecule has 1 fully saturated rings. The Morgan fingerprint density at radius 3 is 3.08 bits per heavy atom. The van der Waals surface area contributed by atoms with Crippen molar-refractivity contribution in [2.24, 2.45) is 7.05 Å². The number of fused-ring (bicyclic) bond motifs is 1. The van der Waals surface area contributed by atoms with Crippen LogP contribution in [0.1, 0.15) is 17.3 Å². The SMILES string of the molecule is CCn1cc(O[C@@H]2COC[C@@H]2NC(=O)c2cnc3c(c2)ncn3C)cn1. The first kappa shape index (κ1) is 16.5. The first-order chi connectivity index (χ1) is 12.6. The van der Waals surface area contributed by atoms with E-state index in [1.165, 1.54) is 0 Å². The molecule has 1 aliphatic rings. The number of hydrogen-bond acceptors (Lipinski definition) is 6. The molecule has 0 unspecified atom stereocenters. The fourth-order valence-electron chi connectivity index (χ4n) is 2.93. The summed E-state index contributed by atoms with van der Waals surface area (Å²) in [5.74, 6) is 0.441. The van der Waals surface area contributed by atoms with Crippen LogP contribution >= 0.6 is 0 Å². The molecule has 26 heavy (non-hydrogen) atoms. The minimum absolute atomic E-state index is 0.224. The molecule has 1 amide bonds. The second kappa shape index (κ2) is 6.75.